The second-order valence-corrected chi connectivity index (χ2v) is 10.5. The van der Waals surface area contributed by atoms with Gasteiger partial charge in [-0.1, -0.05) is 94.3 Å². The molecule has 0 aromatic heterocycles. The lowest BCUT2D eigenvalue weighted by Gasteiger charge is -2.29. The molecule has 0 saturated heterocycles. The van der Waals surface area contributed by atoms with Gasteiger partial charge in [-0.3, -0.25) is 0 Å². The van der Waals surface area contributed by atoms with Crippen LogP contribution in [0, 0.1) is 0 Å². The number of hydrogen-bond acceptors (Lipinski definition) is 3. The molecular formula is C31H42ClFO3. The number of carbonyl (C=O) groups is 1. The maximum Gasteiger partial charge on any atom is 0.340 e. The zero-order valence-corrected chi connectivity index (χ0v) is 22.7. The highest BCUT2D eigenvalue weighted by atomic mass is 35.5. The average molecular weight is 517 g/mol. The van der Waals surface area contributed by atoms with Crippen molar-refractivity contribution in [2.24, 2.45) is 0 Å². The van der Waals surface area contributed by atoms with E-state index in [1.165, 1.54) is 31.2 Å². The highest BCUT2D eigenvalue weighted by Crippen LogP contribution is 2.36. The van der Waals surface area contributed by atoms with E-state index in [2.05, 4.69) is 37.3 Å². The third-order valence-corrected chi connectivity index (χ3v) is 7.47. The predicted molar refractivity (Wildman–Crippen MR) is 147 cm³/mol. The van der Waals surface area contributed by atoms with E-state index >= 15 is 0 Å². The van der Waals surface area contributed by atoms with E-state index in [-0.39, 0.29) is 12.5 Å². The van der Waals surface area contributed by atoms with Gasteiger partial charge in [-0.2, -0.15) is 0 Å². The van der Waals surface area contributed by atoms with Crippen LogP contribution in [0.1, 0.15) is 102 Å². The van der Waals surface area contributed by atoms with Gasteiger partial charge in [0.05, 0.1) is 11.6 Å². The first-order valence-corrected chi connectivity index (χ1v) is 14.3. The molecule has 2 aromatic rings. The molecule has 1 saturated carbocycles. The fourth-order valence-electron chi connectivity index (χ4n) is 4.89. The molecule has 2 aromatic carbocycles. The van der Waals surface area contributed by atoms with Crippen LogP contribution in [-0.2, 0) is 9.53 Å². The number of unbranched alkanes of at least 4 members (excludes halogenated alkanes) is 5. The Kier molecular flexibility index (Phi) is 12.1. The topological polar surface area (TPSA) is 35.5 Å². The second-order valence-electron chi connectivity index (χ2n) is 10.1. The first kappa shape index (κ1) is 28.5. The van der Waals surface area contributed by atoms with Crippen LogP contribution in [0.25, 0.3) is 11.1 Å². The fourth-order valence-corrected chi connectivity index (χ4v) is 5.12. The van der Waals surface area contributed by atoms with Gasteiger partial charge < -0.3 is 9.47 Å². The summed E-state index contributed by atoms with van der Waals surface area (Å²) in [5, 5.41) is 0.642. The maximum absolute atomic E-state index is 13.9. The Hall–Kier alpha value is -2.07. The molecule has 0 unspecified atom stereocenters. The Morgan fingerprint density at radius 2 is 1.58 bits per heavy atom. The molecule has 0 bridgehead atoms. The molecule has 0 heterocycles. The minimum absolute atomic E-state index is 0.160. The van der Waals surface area contributed by atoms with Gasteiger partial charge in [0.25, 0.3) is 0 Å². The minimum Gasteiger partial charge on any atom is -0.492 e. The first-order chi connectivity index (χ1) is 17.5. The van der Waals surface area contributed by atoms with Gasteiger partial charge in [0.1, 0.15) is 11.9 Å². The summed E-state index contributed by atoms with van der Waals surface area (Å²) in [6.07, 6.45) is 9.70. The van der Waals surface area contributed by atoms with E-state index in [9.17, 15) is 9.18 Å². The summed E-state index contributed by atoms with van der Waals surface area (Å²) in [4.78, 5) is 12.0. The molecule has 5 heteroatoms. The zero-order valence-electron chi connectivity index (χ0n) is 21.9. The summed E-state index contributed by atoms with van der Waals surface area (Å²) >= 11 is 6.50. The van der Waals surface area contributed by atoms with Crippen molar-refractivity contribution in [3.05, 3.63) is 53.1 Å². The Bertz CT molecular complexity index is 922. The van der Waals surface area contributed by atoms with Crippen molar-refractivity contribution in [1.29, 1.82) is 0 Å². The molecule has 1 aliphatic carbocycles. The van der Waals surface area contributed by atoms with E-state index in [4.69, 9.17) is 21.1 Å². The van der Waals surface area contributed by atoms with Crippen molar-refractivity contribution < 1.29 is 18.7 Å². The Morgan fingerprint density at radius 3 is 2.25 bits per heavy atom. The number of esters is 1. The zero-order chi connectivity index (χ0) is 25.8. The third kappa shape index (κ3) is 8.80. The minimum atomic E-state index is -1.49. The lowest BCUT2D eigenvalue weighted by Crippen LogP contribution is -2.28. The van der Waals surface area contributed by atoms with Crippen LogP contribution in [0.3, 0.4) is 0 Å². The van der Waals surface area contributed by atoms with Crippen LogP contribution in [0.4, 0.5) is 4.39 Å². The van der Waals surface area contributed by atoms with Crippen LogP contribution in [-0.4, -0.2) is 24.9 Å². The van der Waals surface area contributed by atoms with Crippen molar-refractivity contribution in [2.45, 2.75) is 109 Å². The first-order valence-electron chi connectivity index (χ1n) is 13.9. The number of ether oxygens (including phenoxy) is 2. The van der Waals surface area contributed by atoms with E-state index in [1.54, 1.807) is 0 Å². The van der Waals surface area contributed by atoms with Gasteiger partial charge in [0.2, 0.25) is 0 Å². The maximum atomic E-state index is 13.9. The summed E-state index contributed by atoms with van der Waals surface area (Å²) < 4.78 is 25.2. The van der Waals surface area contributed by atoms with Gasteiger partial charge in [-0.25, -0.2) is 9.18 Å². The Morgan fingerprint density at radius 1 is 0.917 bits per heavy atom. The van der Waals surface area contributed by atoms with E-state index < -0.39 is 12.1 Å². The lowest BCUT2D eigenvalue weighted by molar-refractivity contribution is -0.157. The molecule has 3 rings (SSSR count). The summed E-state index contributed by atoms with van der Waals surface area (Å²) in [7, 11) is 0. The monoisotopic (exact) mass is 516 g/mol. The molecule has 0 amide bonds. The van der Waals surface area contributed by atoms with Crippen molar-refractivity contribution in [3.8, 4) is 16.9 Å². The van der Waals surface area contributed by atoms with E-state index in [0.717, 1.165) is 55.4 Å². The van der Waals surface area contributed by atoms with Crippen LogP contribution in [0.2, 0.25) is 5.02 Å². The summed E-state index contributed by atoms with van der Waals surface area (Å²) in [6, 6.07) is 14.6. The molecule has 1 aliphatic rings. The molecule has 198 valence electrons. The molecule has 36 heavy (non-hydrogen) atoms. The molecule has 1 atom stereocenters. The normalized spacial score (nSPS) is 18.6. The highest BCUT2D eigenvalue weighted by Gasteiger charge is 2.27. The van der Waals surface area contributed by atoms with Gasteiger partial charge >= 0.3 is 5.97 Å². The van der Waals surface area contributed by atoms with Crippen molar-refractivity contribution >= 4 is 17.6 Å². The van der Waals surface area contributed by atoms with Gasteiger partial charge in [-0.15, -0.1) is 0 Å². The van der Waals surface area contributed by atoms with Gasteiger partial charge in [-0.05, 0) is 73.3 Å². The average Bonchev–Trinajstić information content (AvgIpc) is 2.90. The molecule has 0 radical (unpaired) electrons. The largest absolute Gasteiger partial charge is 0.492 e. The predicted octanol–water partition coefficient (Wildman–Crippen LogP) is 9.45. The van der Waals surface area contributed by atoms with Crippen LogP contribution >= 0.6 is 11.6 Å². The summed E-state index contributed by atoms with van der Waals surface area (Å²) in [5.74, 6) is 0.500. The number of rotatable bonds is 14. The van der Waals surface area contributed by atoms with Crippen LogP contribution in [0.5, 0.6) is 5.75 Å². The van der Waals surface area contributed by atoms with Gasteiger partial charge in [0.15, 0.2) is 6.17 Å². The summed E-state index contributed by atoms with van der Waals surface area (Å²) in [5.41, 5.74) is 3.49. The highest BCUT2D eigenvalue weighted by molar-refractivity contribution is 6.32. The number of benzene rings is 2. The van der Waals surface area contributed by atoms with Crippen LogP contribution in [0.15, 0.2) is 42.5 Å². The Balaban J connectivity index is 1.47. The molecule has 0 N–H and O–H groups in total. The third-order valence-electron chi connectivity index (χ3n) is 7.18. The van der Waals surface area contributed by atoms with Crippen LogP contribution < -0.4 is 4.74 Å². The number of halogens is 2. The Labute approximate surface area is 221 Å². The SMILES string of the molecule is CCCCCCCOc1ccc(-c2ccc([C@H]3CC[C@H](OC(=O)[C@@H](F)CCCC)CC3)cc2)cc1Cl. The summed E-state index contributed by atoms with van der Waals surface area (Å²) in [6.45, 7) is 4.91. The molecule has 0 spiro atoms. The molecule has 3 nitrogen and oxygen atoms in total. The smallest absolute Gasteiger partial charge is 0.340 e. The van der Waals surface area contributed by atoms with Crippen molar-refractivity contribution in [3.63, 3.8) is 0 Å². The van der Waals surface area contributed by atoms with E-state index in [0.29, 0.717) is 24.0 Å². The van der Waals surface area contributed by atoms with Crippen molar-refractivity contribution in [1.82, 2.24) is 0 Å². The number of hydrogen-bond donors (Lipinski definition) is 0. The molecular weight excluding hydrogens is 475 g/mol. The van der Waals surface area contributed by atoms with Crippen molar-refractivity contribution in [2.75, 3.05) is 6.61 Å². The standard InChI is InChI=1S/C31H42ClFO3/c1-3-5-7-8-9-21-35-30-20-17-26(22-28(30)32)25-13-11-23(12-14-25)24-15-18-27(19-16-24)36-31(34)29(33)10-6-4-2/h11-14,17,20,22,24,27,29H,3-10,15-16,18-19,21H2,1-2H3/t24-,27-,29-/m0/s1. The second kappa shape index (κ2) is 15.2. The molecule has 0 aliphatic heterocycles. The molecule has 1 fully saturated rings. The quantitative estimate of drug-likeness (QED) is 0.185. The number of carbonyl (C=O) groups excluding carboxylic acids is 1. The fraction of sp³-hybridized carbons (Fsp3) is 0.581. The lowest BCUT2D eigenvalue weighted by atomic mass is 9.82. The van der Waals surface area contributed by atoms with E-state index in [1.807, 2.05) is 19.1 Å². The van der Waals surface area contributed by atoms with Gasteiger partial charge in [0, 0.05) is 0 Å². The number of alkyl halides is 1.